The van der Waals surface area contributed by atoms with Crippen LogP contribution in [0.1, 0.15) is 0 Å². The Balaban J connectivity index is 0.000000209. The molecule has 2 heterocycles. The fourth-order valence-corrected chi connectivity index (χ4v) is 12.2. The summed E-state index contributed by atoms with van der Waals surface area (Å²) < 4.78 is 51.6. The molecular formula is C48H38Cl2F4N2P2Pt2+2. The van der Waals surface area contributed by atoms with E-state index in [1.165, 1.54) is 33.5 Å². The standard InChI is InChI=1S/C26H24P2.2C11H6F2N.2ClH.2Pt/c1-5-13-23(14-6-1)27(24-15-7-2-8-16-24)21-22-28(25-17-9-3-10-18-25)26-19-11-4-12-20-26;2*12-8-4-5-9(10(13)7-8)11-3-1-2-6-14-11;;;;/h1-20H,21-22H2;2*1-4,6-7H;2*1H;;/q;2*-1;;;2*+2. The van der Waals surface area contributed by atoms with Crippen molar-refractivity contribution in [1.29, 1.82) is 0 Å². The van der Waals surface area contributed by atoms with Gasteiger partial charge in [-0.2, -0.15) is 0 Å². The first-order valence-electron chi connectivity index (χ1n) is 18.2. The van der Waals surface area contributed by atoms with Crippen LogP contribution in [0.25, 0.3) is 22.5 Å². The van der Waals surface area contributed by atoms with Gasteiger partial charge in [-0.05, 0) is 72.1 Å². The van der Waals surface area contributed by atoms with Crippen LogP contribution in [-0.2, 0) is 37.5 Å². The molecule has 0 saturated carbocycles. The zero-order valence-corrected chi connectivity index (χ0v) is 39.7. The monoisotopic (exact) mass is 1240 g/mol. The van der Waals surface area contributed by atoms with E-state index >= 15 is 0 Å². The molecule has 8 aromatic rings. The van der Waals surface area contributed by atoms with Crippen LogP contribution in [0.5, 0.6) is 0 Å². The van der Waals surface area contributed by atoms with Gasteiger partial charge in [0.15, 0.2) is 0 Å². The molecule has 0 aliphatic rings. The molecule has 0 fully saturated rings. The average Bonchev–Trinajstić information content (AvgIpc) is 3.31. The topological polar surface area (TPSA) is 25.8 Å². The summed E-state index contributed by atoms with van der Waals surface area (Å²) in [5.41, 5.74) is 1.27. The Morgan fingerprint density at radius 1 is 0.417 bits per heavy atom. The maximum absolute atomic E-state index is 13.2. The molecule has 0 aliphatic heterocycles. The molecule has 0 aliphatic carbocycles. The van der Waals surface area contributed by atoms with Gasteiger partial charge in [0, 0.05) is 35.7 Å². The number of rotatable bonds is 9. The first-order chi connectivity index (χ1) is 29.5. The van der Waals surface area contributed by atoms with Crippen molar-refractivity contribution in [3.63, 3.8) is 0 Å². The summed E-state index contributed by atoms with van der Waals surface area (Å²) in [6.07, 6.45) is 5.62. The Labute approximate surface area is 382 Å². The molecule has 0 amide bonds. The van der Waals surface area contributed by atoms with Crippen molar-refractivity contribution in [2.75, 3.05) is 12.3 Å². The van der Waals surface area contributed by atoms with Crippen LogP contribution in [0.4, 0.5) is 17.6 Å². The Hall–Kier alpha value is -3.84. The van der Waals surface area contributed by atoms with Crippen LogP contribution in [0.2, 0.25) is 0 Å². The molecule has 0 unspecified atom stereocenters. The molecule has 0 radical (unpaired) electrons. The summed E-state index contributed by atoms with van der Waals surface area (Å²) in [4.78, 5) is 7.89. The predicted molar refractivity (Wildman–Crippen MR) is 239 cm³/mol. The molecule has 310 valence electrons. The maximum Gasteiger partial charge on any atom is 0.101 e. The summed E-state index contributed by atoms with van der Waals surface area (Å²) in [5, 5.41) is 6.06. The molecule has 60 heavy (non-hydrogen) atoms. The van der Waals surface area contributed by atoms with E-state index in [-0.39, 0.29) is 11.1 Å². The van der Waals surface area contributed by atoms with Crippen LogP contribution in [0.3, 0.4) is 0 Å². The molecule has 2 aromatic heterocycles. The third-order valence-electron chi connectivity index (χ3n) is 8.67. The number of pyridine rings is 2. The van der Waals surface area contributed by atoms with Gasteiger partial charge in [-0.25, -0.2) is 0 Å². The van der Waals surface area contributed by atoms with Gasteiger partial charge in [0.25, 0.3) is 0 Å². The van der Waals surface area contributed by atoms with Gasteiger partial charge in [0.1, 0.15) is 12.3 Å². The molecule has 12 heteroatoms. The zero-order valence-electron chi connectivity index (χ0n) is 31.7. The molecule has 8 rings (SSSR count). The number of aromatic nitrogens is 2. The summed E-state index contributed by atoms with van der Waals surface area (Å²) in [5.74, 6) is -2.57. The van der Waals surface area contributed by atoms with E-state index in [1.54, 1.807) is 86.3 Å². The molecule has 2 nitrogen and oxygen atoms in total. The molecule has 0 bridgehead atoms. The van der Waals surface area contributed by atoms with Crippen molar-refractivity contribution >= 4 is 55.9 Å². The third-order valence-corrected chi connectivity index (χ3v) is 14.8. The average molecular weight is 1240 g/mol. The van der Waals surface area contributed by atoms with Gasteiger partial charge in [-0.15, -0.1) is 24.3 Å². The van der Waals surface area contributed by atoms with Gasteiger partial charge < -0.3 is 9.97 Å². The molecule has 0 N–H and O–H groups in total. The summed E-state index contributed by atoms with van der Waals surface area (Å²) in [6, 6.07) is 63.6. The van der Waals surface area contributed by atoms with Crippen LogP contribution < -0.4 is 21.2 Å². The SMILES string of the molecule is Fc1c[c-]c(-c2ccccn2)c(F)c1.Fc1c[c-]c(-c2ccccn2)c(F)c1.[Cl][Pt+].[Cl][Pt+].c1ccc([PH+](CC[PH+](c2ccccc2)c2ccccc2)c2ccccc2)cc1. The second-order valence-electron chi connectivity index (χ2n) is 12.4. The van der Waals surface area contributed by atoms with E-state index in [2.05, 4.69) is 162 Å². The minimum atomic E-state index is -0.783. The Kier molecular flexibility index (Phi) is 22.7. The minimum absolute atomic E-state index is 0.187. The van der Waals surface area contributed by atoms with Crippen LogP contribution in [0, 0.1) is 35.4 Å². The summed E-state index contributed by atoms with van der Waals surface area (Å²) in [7, 11) is 7.66. The summed E-state index contributed by atoms with van der Waals surface area (Å²) >= 11 is 3.22. The van der Waals surface area contributed by atoms with Crippen molar-refractivity contribution in [3.05, 3.63) is 230 Å². The van der Waals surface area contributed by atoms with Crippen molar-refractivity contribution in [1.82, 2.24) is 9.97 Å². The normalized spacial score (nSPS) is 10.1. The van der Waals surface area contributed by atoms with E-state index in [0.717, 1.165) is 24.3 Å². The predicted octanol–water partition coefficient (Wildman–Crippen LogP) is 11.7. The number of hydrogen-bond donors (Lipinski definition) is 0. The number of hydrogen-bond acceptors (Lipinski definition) is 2. The van der Waals surface area contributed by atoms with Crippen molar-refractivity contribution in [2.24, 2.45) is 0 Å². The van der Waals surface area contributed by atoms with E-state index in [1.807, 2.05) is 0 Å². The Bertz CT molecular complexity index is 2130. The third kappa shape index (κ3) is 15.6. The summed E-state index contributed by atoms with van der Waals surface area (Å²) in [6.45, 7) is 0. The van der Waals surface area contributed by atoms with Gasteiger partial charge >= 0.3 is 56.4 Å². The van der Waals surface area contributed by atoms with Crippen molar-refractivity contribution in [3.8, 4) is 22.5 Å². The Morgan fingerprint density at radius 2 is 0.700 bits per heavy atom. The number of benzene rings is 6. The Morgan fingerprint density at radius 3 is 0.950 bits per heavy atom. The van der Waals surface area contributed by atoms with Gasteiger partial charge in [-0.3, -0.25) is 17.6 Å². The van der Waals surface area contributed by atoms with Crippen molar-refractivity contribution in [2.45, 2.75) is 0 Å². The largest absolute Gasteiger partial charge is 0.101 e. The molecule has 6 aromatic carbocycles. The molecule has 0 saturated heterocycles. The quantitative estimate of drug-likeness (QED) is 0.0818. The van der Waals surface area contributed by atoms with Crippen LogP contribution in [-0.4, -0.2) is 22.3 Å². The van der Waals surface area contributed by atoms with Crippen LogP contribution in [0.15, 0.2) is 194 Å². The second kappa shape index (κ2) is 27.9. The second-order valence-corrected chi connectivity index (χ2v) is 17.7. The maximum atomic E-state index is 13.2. The van der Waals surface area contributed by atoms with Crippen molar-refractivity contribution < 1.29 is 55.1 Å². The van der Waals surface area contributed by atoms with E-state index in [4.69, 9.17) is 0 Å². The first kappa shape index (κ1) is 48.8. The van der Waals surface area contributed by atoms with E-state index in [9.17, 15) is 17.6 Å². The van der Waals surface area contributed by atoms with E-state index < -0.39 is 39.1 Å². The van der Waals surface area contributed by atoms with Gasteiger partial charge in [0.2, 0.25) is 0 Å². The molecule has 0 spiro atoms. The zero-order chi connectivity index (χ0) is 43.0. The molecular weight excluding hydrogens is 1200 g/mol. The number of nitrogens with zero attached hydrogens (tertiary/aromatic N) is 2. The number of halogens is 6. The first-order valence-corrected chi connectivity index (χ1v) is 27.2. The molecule has 0 atom stereocenters. The van der Waals surface area contributed by atoms with E-state index in [0.29, 0.717) is 11.4 Å². The minimum Gasteiger partial charge on any atom is -0.0620 e. The smallest absolute Gasteiger partial charge is 0.0620 e. The fourth-order valence-electron chi connectivity index (χ4n) is 6.02. The fraction of sp³-hybridized carbons (Fsp3) is 0.0417. The van der Waals surface area contributed by atoms with Crippen LogP contribution >= 0.6 is 34.7 Å². The van der Waals surface area contributed by atoms with Gasteiger partial charge in [0.05, 0.1) is 37.1 Å². The van der Waals surface area contributed by atoms with Gasteiger partial charge in [-0.1, -0.05) is 120 Å².